The van der Waals surface area contributed by atoms with Crippen LogP contribution in [0.3, 0.4) is 0 Å². The number of hydrogen-bond donors (Lipinski definition) is 1. The van der Waals surface area contributed by atoms with Crippen LogP contribution in [0.15, 0.2) is 71.6 Å². The Morgan fingerprint density at radius 2 is 1.82 bits per heavy atom. The number of carbonyl (C=O) groups is 1. The molecule has 0 aliphatic carbocycles. The topological polar surface area (TPSA) is 32.3 Å². The SMILES string of the molecule is Cc1ccc(CN2CCSc3ccc(C(=O)Nc4ccccc4C)cc32)cc1. The van der Waals surface area contributed by atoms with E-state index in [1.807, 2.05) is 55.1 Å². The van der Waals surface area contributed by atoms with Crippen molar-refractivity contribution in [3.05, 3.63) is 89.0 Å². The van der Waals surface area contributed by atoms with Crippen LogP contribution in [0.1, 0.15) is 27.0 Å². The third-order valence-electron chi connectivity index (χ3n) is 5.07. The molecule has 1 N–H and O–H groups in total. The number of anilines is 2. The predicted octanol–water partition coefficient (Wildman–Crippen LogP) is 5.67. The van der Waals surface area contributed by atoms with E-state index in [0.717, 1.165) is 35.8 Å². The molecule has 1 amide bonds. The van der Waals surface area contributed by atoms with Crippen LogP contribution in [0.2, 0.25) is 0 Å². The lowest BCUT2D eigenvalue weighted by Crippen LogP contribution is -2.29. The molecule has 0 atom stereocenters. The Morgan fingerprint density at radius 3 is 2.61 bits per heavy atom. The second-order valence-corrected chi connectivity index (χ2v) is 8.34. The molecule has 0 saturated carbocycles. The highest BCUT2D eigenvalue weighted by Crippen LogP contribution is 2.36. The van der Waals surface area contributed by atoms with Crippen LogP contribution >= 0.6 is 11.8 Å². The van der Waals surface area contributed by atoms with Crippen LogP contribution in [0, 0.1) is 13.8 Å². The van der Waals surface area contributed by atoms with E-state index >= 15 is 0 Å². The molecule has 3 aromatic rings. The number of fused-ring (bicyclic) bond motifs is 1. The quantitative estimate of drug-likeness (QED) is 0.625. The van der Waals surface area contributed by atoms with Crippen molar-refractivity contribution in [2.45, 2.75) is 25.3 Å². The zero-order valence-corrected chi connectivity index (χ0v) is 17.1. The molecule has 0 spiro atoms. The van der Waals surface area contributed by atoms with Crippen molar-refractivity contribution in [1.29, 1.82) is 0 Å². The van der Waals surface area contributed by atoms with Crippen molar-refractivity contribution < 1.29 is 4.79 Å². The number of thioether (sulfide) groups is 1. The highest BCUT2D eigenvalue weighted by molar-refractivity contribution is 7.99. The van der Waals surface area contributed by atoms with Gasteiger partial charge in [0.2, 0.25) is 0 Å². The molecule has 0 radical (unpaired) electrons. The molecule has 4 rings (SSSR count). The maximum atomic E-state index is 12.8. The summed E-state index contributed by atoms with van der Waals surface area (Å²) < 4.78 is 0. The summed E-state index contributed by atoms with van der Waals surface area (Å²) in [4.78, 5) is 16.4. The van der Waals surface area contributed by atoms with E-state index in [1.54, 1.807) is 0 Å². The molecule has 1 aliphatic rings. The number of benzene rings is 3. The lowest BCUT2D eigenvalue weighted by atomic mass is 10.1. The Hall–Kier alpha value is -2.72. The van der Waals surface area contributed by atoms with Crippen molar-refractivity contribution in [1.82, 2.24) is 0 Å². The third-order valence-corrected chi connectivity index (χ3v) is 6.11. The Labute approximate surface area is 170 Å². The van der Waals surface area contributed by atoms with Crippen LogP contribution < -0.4 is 10.2 Å². The van der Waals surface area contributed by atoms with Gasteiger partial charge in [-0.05, 0) is 49.2 Å². The van der Waals surface area contributed by atoms with Crippen LogP contribution in [0.25, 0.3) is 0 Å². The zero-order valence-electron chi connectivity index (χ0n) is 16.2. The van der Waals surface area contributed by atoms with Gasteiger partial charge in [-0.1, -0.05) is 48.0 Å². The molecule has 142 valence electrons. The monoisotopic (exact) mass is 388 g/mol. The smallest absolute Gasteiger partial charge is 0.255 e. The predicted molar refractivity (Wildman–Crippen MR) is 119 cm³/mol. The molecule has 0 unspecified atom stereocenters. The first-order valence-corrected chi connectivity index (χ1v) is 10.5. The van der Waals surface area contributed by atoms with Crippen molar-refractivity contribution in [3.8, 4) is 0 Å². The second-order valence-electron chi connectivity index (χ2n) is 7.21. The van der Waals surface area contributed by atoms with Gasteiger partial charge in [-0.2, -0.15) is 0 Å². The van der Waals surface area contributed by atoms with E-state index < -0.39 is 0 Å². The number of nitrogens with one attached hydrogen (secondary N) is 1. The summed E-state index contributed by atoms with van der Waals surface area (Å²) in [6.07, 6.45) is 0. The normalized spacial score (nSPS) is 13.1. The first-order chi connectivity index (χ1) is 13.6. The fourth-order valence-corrected chi connectivity index (χ4v) is 4.43. The van der Waals surface area contributed by atoms with Crippen molar-refractivity contribution in [3.63, 3.8) is 0 Å². The van der Waals surface area contributed by atoms with E-state index in [-0.39, 0.29) is 5.91 Å². The number of rotatable bonds is 4. The Balaban J connectivity index is 1.57. The van der Waals surface area contributed by atoms with Gasteiger partial charge in [-0.15, -0.1) is 11.8 Å². The summed E-state index contributed by atoms with van der Waals surface area (Å²) in [7, 11) is 0. The lowest BCUT2D eigenvalue weighted by Gasteiger charge is -2.31. The second kappa shape index (κ2) is 8.11. The minimum absolute atomic E-state index is 0.0667. The number of amides is 1. The molecular formula is C24H24N2OS. The zero-order chi connectivity index (χ0) is 19.5. The van der Waals surface area contributed by atoms with Gasteiger partial charge < -0.3 is 10.2 Å². The maximum Gasteiger partial charge on any atom is 0.255 e. The van der Waals surface area contributed by atoms with Crippen LogP contribution in [-0.2, 0) is 6.54 Å². The summed E-state index contributed by atoms with van der Waals surface area (Å²) in [6.45, 7) is 5.95. The molecule has 0 bridgehead atoms. The standard InChI is InChI=1S/C24H24N2OS/c1-17-7-9-19(10-8-17)16-26-13-14-28-23-12-11-20(15-22(23)26)24(27)25-21-6-4-3-5-18(21)2/h3-12,15H,13-14,16H2,1-2H3,(H,25,27). The fourth-order valence-electron chi connectivity index (χ4n) is 3.40. The highest BCUT2D eigenvalue weighted by atomic mass is 32.2. The molecular weight excluding hydrogens is 364 g/mol. The Morgan fingerprint density at radius 1 is 1.04 bits per heavy atom. The maximum absolute atomic E-state index is 12.8. The van der Waals surface area contributed by atoms with Gasteiger partial charge >= 0.3 is 0 Å². The number of carbonyl (C=O) groups excluding carboxylic acids is 1. The van der Waals surface area contributed by atoms with Crippen LogP contribution in [0.5, 0.6) is 0 Å². The van der Waals surface area contributed by atoms with E-state index in [9.17, 15) is 4.79 Å². The molecule has 3 nitrogen and oxygen atoms in total. The lowest BCUT2D eigenvalue weighted by molar-refractivity contribution is 0.102. The largest absolute Gasteiger partial charge is 0.365 e. The highest BCUT2D eigenvalue weighted by Gasteiger charge is 2.20. The summed E-state index contributed by atoms with van der Waals surface area (Å²) in [5.41, 5.74) is 6.32. The van der Waals surface area contributed by atoms with Gasteiger partial charge in [0.15, 0.2) is 0 Å². The molecule has 1 aliphatic heterocycles. The molecule has 4 heteroatoms. The average molecular weight is 389 g/mol. The molecule has 28 heavy (non-hydrogen) atoms. The van der Waals surface area contributed by atoms with Crippen LogP contribution in [0.4, 0.5) is 11.4 Å². The van der Waals surface area contributed by atoms with Crippen molar-refractivity contribution in [2.75, 3.05) is 22.5 Å². The van der Waals surface area contributed by atoms with Gasteiger partial charge in [0, 0.05) is 35.0 Å². The molecule has 0 aromatic heterocycles. The van der Waals surface area contributed by atoms with Crippen molar-refractivity contribution in [2.24, 2.45) is 0 Å². The Bertz CT molecular complexity index is 998. The number of hydrogen-bond acceptors (Lipinski definition) is 3. The van der Waals surface area contributed by atoms with Gasteiger partial charge in [0.05, 0.1) is 5.69 Å². The summed E-state index contributed by atoms with van der Waals surface area (Å²) >= 11 is 1.86. The molecule has 1 heterocycles. The van der Waals surface area contributed by atoms with Gasteiger partial charge in [0.1, 0.15) is 0 Å². The fraction of sp³-hybridized carbons (Fsp3) is 0.208. The Kier molecular flexibility index (Phi) is 5.40. The van der Waals surface area contributed by atoms with E-state index in [2.05, 4.69) is 47.5 Å². The van der Waals surface area contributed by atoms with Crippen molar-refractivity contribution >= 4 is 29.0 Å². The van der Waals surface area contributed by atoms with E-state index in [1.165, 1.54) is 16.0 Å². The van der Waals surface area contributed by atoms with E-state index in [4.69, 9.17) is 0 Å². The summed E-state index contributed by atoms with van der Waals surface area (Å²) in [5, 5.41) is 3.04. The molecule has 0 fully saturated rings. The number of nitrogens with zero attached hydrogens (tertiary/aromatic N) is 1. The average Bonchev–Trinajstić information content (AvgIpc) is 2.71. The third kappa shape index (κ3) is 4.07. The van der Waals surface area contributed by atoms with Gasteiger partial charge in [-0.3, -0.25) is 4.79 Å². The van der Waals surface area contributed by atoms with Crippen LogP contribution in [-0.4, -0.2) is 18.2 Å². The van der Waals surface area contributed by atoms with E-state index in [0.29, 0.717) is 5.56 Å². The summed E-state index contributed by atoms with van der Waals surface area (Å²) in [6, 6.07) is 22.6. The van der Waals surface area contributed by atoms with Gasteiger partial charge in [-0.25, -0.2) is 0 Å². The number of para-hydroxylation sites is 1. The van der Waals surface area contributed by atoms with Gasteiger partial charge in [0.25, 0.3) is 5.91 Å². The summed E-state index contributed by atoms with van der Waals surface area (Å²) in [5.74, 6) is 0.996. The first-order valence-electron chi connectivity index (χ1n) is 9.54. The first kappa shape index (κ1) is 18.6. The number of aryl methyl sites for hydroxylation is 2. The molecule has 0 saturated heterocycles. The molecule has 3 aromatic carbocycles. The minimum Gasteiger partial charge on any atom is -0.365 e. The minimum atomic E-state index is -0.0667.